The fraction of sp³-hybridized carbons (Fsp3) is 0.455. The SMILES string of the molecule is CC.CC(C)(C)c1ccc(-c2cc(C(=O)N3CCNCC3)ccn2)cc1. The van der Waals surface area contributed by atoms with Crippen molar-refractivity contribution in [3.8, 4) is 11.3 Å². The van der Waals surface area contributed by atoms with Crippen molar-refractivity contribution in [1.29, 1.82) is 0 Å². The second kappa shape index (κ2) is 8.95. The van der Waals surface area contributed by atoms with Crippen LogP contribution in [0.2, 0.25) is 0 Å². The van der Waals surface area contributed by atoms with Gasteiger partial charge in [0.05, 0.1) is 5.69 Å². The molecule has 26 heavy (non-hydrogen) atoms. The number of hydrogen-bond donors (Lipinski definition) is 1. The fourth-order valence-electron chi connectivity index (χ4n) is 2.91. The topological polar surface area (TPSA) is 45.2 Å². The van der Waals surface area contributed by atoms with E-state index in [1.165, 1.54) is 5.56 Å². The molecule has 2 heterocycles. The van der Waals surface area contributed by atoms with Crippen molar-refractivity contribution < 1.29 is 4.79 Å². The fourth-order valence-corrected chi connectivity index (χ4v) is 2.91. The highest BCUT2D eigenvalue weighted by Crippen LogP contribution is 2.25. The largest absolute Gasteiger partial charge is 0.336 e. The lowest BCUT2D eigenvalue weighted by molar-refractivity contribution is 0.0735. The van der Waals surface area contributed by atoms with Crippen molar-refractivity contribution in [3.63, 3.8) is 0 Å². The molecule has 0 radical (unpaired) electrons. The summed E-state index contributed by atoms with van der Waals surface area (Å²) >= 11 is 0. The Morgan fingerprint density at radius 3 is 2.23 bits per heavy atom. The summed E-state index contributed by atoms with van der Waals surface area (Å²) in [6, 6.07) is 12.2. The smallest absolute Gasteiger partial charge is 0.254 e. The molecule has 4 nitrogen and oxygen atoms in total. The normalized spacial score (nSPS) is 14.4. The zero-order valence-corrected chi connectivity index (χ0v) is 16.7. The van der Waals surface area contributed by atoms with Crippen LogP contribution < -0.4 is 5.32 Å². The van der Waals surface area contributed by atoms with Gasteiger partial charge in [-0.25, -0.2) is 0 Å². The highest BCUT2D eigenvalue weighted by atomic mass is 16.2. The molecule has 3 rings (SSSR count). The van der Waals surface area contributed by atoms with Gasteiger partial charge in [-0.2, -0.15) is 0 Å². The molecule has 1 aromatic carbocycles. The van der Waals surface area contributed by atoms with Crippen LogP contribution in [0.15, 0.2) is 42.6 Å². The van der Waals surface area contributed by atoms with E-state index >= 15 is 0 Å². The number of amides is 1. The molecule has 0 unspecified atom stereocenters. The minimum Gasteiger partial charge on any atom is -0.336 e. The Morgan fingerprint density at radius 1 is 1.04 bits per heavy atom. The summed E-state index contributed by atoms with van der Waals surface area (Å²) in [7, 11) is 0. The van der Waals surface area contributed by atoms with Gasteiger partial charge in [-0.1, -0.05) is 58.9 Å². The van der Waals surface area contributed by atoms with E-state index in [4.69, 9.17) is 0 Å². The van der Waals surface area contributed by atoms with E-state index in [1.807, 2.05) is 24.8 Å². The van der Waals surface area contributed by atoms with Gasteiger partial charge in [0.2, 0.25) is 0 Å². The number of aromatic nitrogens is 1. The third kappa shape index (κ3) is 4.92. The predicted molar refractivity (Wildman–Crippen MR) is 108 cm³/mol. The van der Waals surface area contributed by atoms with Crippen LogP contribution in [0.3, 0.4) is 0 Å². The van der Waals surface area contributed by atoms with E-state index in [0.29, 0.717) is 5.56 Å². The molecule has 140 valence electrons. The average Bonchev–Trinajstić information content (AvgIpc) is 2.69. The van der Waals surface area contributed by atoms with Gasteiger partial charge in [-0.15, -0.1) is 0 Å². The number of piperazine rings is 1. The van der Waals surface area contributed by atoms with Crippen LogP contribution in [-0.4, -0.2) is 42.0 Å². The van der Waals surface area contributed by atoms with Crippen LogP contribution in [0.4, 0.5) is 0 Å². The molecule has 0 saturated carbocycles. The van der Waals surface area contributed by atoms with Crippen molar-refractivity contribution in [2.75, 3.05) is 26.2 Å². The Morgan fingerprint density at radius 2 is 1.65 bits per heavy atom. The lowest BCUT2D eigenvalue weighted by atomic mass is 9.86. The monoisotopic (exact) mass is 353 g/mol. The third-order valence-electron chi connectivity index (χ3n) is 4.46. The number of carbonyl (C=O) groups excluding carboxylic acids is 1. The minimum atomic E-state index is 0.0893. The molecular weight excluding hydrogens is 322 g/mol. The molecule has 0 bridgehead atoms. The van der Waals surface area contributed by atoms with Crippen LogP contribution in [0.1, 0.15) is 50.5 Å². The van der Waals surface area contributed by atoms with Crippen molar-refractivity contribution >= 4 is 5.91 Å². The zero-order valence-electron chi connectivity index (χ0n) is 16.7. The number of rotatable bonds is 2. The second-order valence-electron chi connectivity index (χ2n) is 7.30. The number of hydrogen-bond acceptors (Lipinski definition) is 3. The Hall–Kier alpha value is -2.20. The van der Waals surface area contributed by atoms with Gasteiger partial charge in [-0.3, -0.25) is 9.78 Å². The zero-order chi connectivity index (χ0) is 19.2. The number of benzene rings is 1. The summed E-state index contributed by atoms with van der Waals surface area (Å²) in [5.74, 6) is 0.0893. The maximum atomic E-state index is 12.6. The van der Waals surface area contributed by atoms with Crippen molar-refractivity contribution in [2.24, 2.45) is 0 Å². The molecule has 0 aliphatic carbocycles. The Bertz CT molecular complexity index is 711. The van der Waals surface area contributed by atoms with Gasteiger partial charge >= 0.3 is 0 Å². The van der Waals surface area contributed by atoms with Gasteiger partial charge in [-0.05, 0) is 23.1 Å². The van der Waals surface area contributed by atoms with Crippen LogP contribution in [-0.2, 0) is 5.41 Å². The summed E-state index contributed by atoms with van der Waals surface area (Å²) in [6.45, 7) is 13.8. The predicted octanol–water partition coefficient (Wildman–Crippen LogP) is 4.12. The quantitative estimate of drug-likeness (QED) is 0.883. The number of nitrogens with one attached hydrogen (secondary N) is 1. The molecule has 0 spiro atoms. The Labute approximate surface area is 157 Å². The number of carbonyl (C=O) groups is 1. The van der Waals surface area contributed by atoms with Gasteiger partial charge in [0.15, 0.2) is 0 Å². The van der Waals surface area contributed by atoms with Gasteiger partial charge in [0.1, 0.15) is 0 Å². The van der Waals surface area contributed by atoms with E-state index in [9.17, 15) is 4.79 Å². The summed E-state index contributed by atoms with van der Waals surface area (Å²) in [6.07, 6.45) is 1.72. The Kier molecular flexibility index (Phi) is 6.92. The molecule has 2 aromatic rings. The highest BCUT2D eigenvalue weighted by Gasteiger charge is 2.19. The van der Waals surface area contributed by atoms with Gasteiger partial charge in [0, 0.05) is 43.5 Å². The summed E-state index contributed by atoms with van der Waals surface area (Å²) < 4.78 is 0. The summed E-state index contributed by atoms with van der Waals surface area (Å²) in [5.41, 5.74) is 4.02. The molecule has 1 N–H and O–H groups in total. The number of nitrogens with zero attached hydrogens (tertiary/aromatic N) is 2. The summed E-state index contributed by atoms with van der Waals surface area (Å²) in [4.78, 5) is 19.0. The lowest BCUT2D eigenvalue weighted by Crippen LogP contribution is -2.46. The van der Waals surface area contributed by atoms with Crippen molar-refractivity contribution in [1.82, 2.24) is 15.2 Å². The molecule has 1 aliphatic heterocycles. The lowest BCUT2D eigenvalue weighted by Gasteiger charge is -2.27. The number of pyridine rings is 1. The van der Waals surface area contributed by atoms with E-state index in [2.05, 4.69) is 55.3 Å². The maximum Gasteiger partial charge on any atom is 0.254 e. The van der Waals surface area contributed by atoms with E-state index in [-0.39, 0.29) is 11.3 Å². The molecule has 1 fully saturated rings. The molecule has 0 atom stereocenters. The first kappa shape index (κ1) is 20.1. The highest BCUT2D eigenvalue weighted by molar-refractivity contribution is 5.95. The third-order valence-corrected chi connectivity index (χ3v) is 4.46. The van der Waals surface area contributed by atoms with E-state index < -0.39 is 0 Å². The molecule has 1 amide bonds. The summed E-state index contributed by atoms with van der Waals surface area (Å²) in [5, 5.41) is 3.27. The van der Waals surface area contributed by atoms with Gasteiger partial charge in [0.25, 0.3) is 5.91 Å². The molecule has 1 aromatic heterocycles. The minimum absolute atomic E-state index is 0.0893. The van der Waals surface area contributed by atoms with Crippen molar-refractivity contribution in [3.05, 3.63) is 53.7 Å². The van der Waals surface area contributed by atoms with Crippen LogP contribution >= 0.6 is 0 Å². The second-order valence-corrected chi connectivity index (χ2v) is 7.30. The van der Waals surface area contributed by atoms with E-state index in [1.54, 1.807) is 12.3 Å². The molecule has 1 saturated heterocycles. The average molecular weight is 354 g/mol. The van der Waals surface area contributed by atoms with Crippen LogP contribution in [0, 0.1) is 0 Å². The first-order valence-corrected chi connectivity index (χ1v) is 9.52. The maximum absolute atomic E-state index is 12.6. The van der Waals surface area contributed by atoms with Crippen LogP contribution in [0.25, 0.3) is 11.3 Å². The van der Waals surface area contributed by atoms with Crippen molar-refractivity contribution in [2.45, 2.75) is 40.0 Å². The first-order chi connectivity index (χ1) is 12.4. The molecule has 4 heteroatoms. The molecule has 1 aliphatic rings. The van der Waals surface area contributed by atoms with Crippen LogP contribution in [0.5, 0.6) is 0 Å². The first-order valence-electron chi connectivity index (χ1n) is 9.52. The molecular formula is C22H31N3O. The standard InChI is InChI=1S/C20H25N3O.C2H6/c1-20(2,3)17-6-4-15(5-7-17)18-14-16(8-9-22-18)19(24)23-12-10-21-11-13-23;1-2/h4-9,14,21H,10-13H2,1-3H3;1-2H3. The Balaban J connectivity index is 0.00000117. The van der Waals surface area contributed by atoms with E-state index in [0.717, 1.165) is 37.4 Å². The van der Waals surface area contributed by atoms with Gasteiger partial charge < -0.3 is 10.2 Å².